The molecule has 0 unspecified atom stereocenters. The van der Waals surface area contributed by atoms with Gasteiger partial charge in [0.05, 0.1) is 0 Å². The topological polar surface area (TPSA) is 155 Å². The van der Waals surface area contributed by atoms with E-state index in [0.29, 0.717) is 52.0 Å². The second-order valence-corrected chi connectivity index (χ2v) is 27.0. The van der Waals surface area contributed by atoms with E-state index in [4.69, 9.17) is 13.3 Å². The number of hydrogen-bond acceptors (Lipinski definition) is 12. The highest BCUT2D eigenvalue weighted by molar-refractivity contribution is 6.97. The minimum absolute atomic E-state index is 0.00284. The second kappa shape index (κ2) is 25.9. The van der Waals surface area contributed by atoms with Crippen LogP contribution in [0.25, 0.3) is 102 Å². The number of benzene rings is 7. The quantitative estimate of drug-likeness (QED) is 0.107. The molecule has 468 valence electrons. The fourth-order valence-electron chi connectivity index (χ4n) is 13.5. The Balaban J connectivity index is 0.000000181. The lowest BCUT2D eigenvalue weighted by molar-refractivity contribution is 0.578. The Bertz CT molecular complexity index is 4530. The van der Waals surface area contributed by atoms with Crippen molar-refractivity contribution in [2.24, 2.45) is 0 Å². The number of hydrogen-bond donors (Lipinski definition) is 0. The van der Waals surface area contributed by atoms with E-state index in [9.17, 15) is 0 Å². The predicted molar refractivity (Wildman–Crippen MR) is 381 cm³/mol. The van der Waals surface area contributed by atoms with Crippen molar-refractivity contribution in [2.75, 3.05) is 0 Å². The van der Waals surface area contributed by atoms with Gasteiger partial charge in [-0.15, -0.1) is 30.6 Å². The third-order valence-corrected chi connectivity index (χ3v) is 18.1. The van der Waals surface area contributed by atoms with E-state index in [1.54, 1.807) is 0 Å². The highest BCUT2D eigenvalue weighted by Gasteiger charge is 2.35. The number of pyridine rings is 3. The molecule has 0 radical (unpaired) electrons. The first-order valence-electron chi connectivity index (χ1n) is 32.0. The first-order valence-corrected chi connectivity index (χ1v) is 32.0. The van der Waals surface area contributed by atoms with E-state index in [-0.39, 0.29) is 17.5 Å². The van der Waals surface area contributed by atoms with Gasteiger partial charge in [0, 0.05) is 87.3 Å². The van der Waals surface area contributed by atoms with Gasteiger partial charge in [-0.1, -0.05) is 153 Å². The number of rotatable bonds is 12. The van der Waals surface area contributed by atoms with Crippen molar-refractivity contribution in [1.82, 2.24) is 45.5 Å². The summed E-state index contributed by atoms with van der Waals surface area (Å²) in [5.41, 5.74) is 31.0. The first kappa shape index (κ1) is 63.6. The summed E-state index contributed by atoms with van der Waals surface area (Å²) >= 11 is 0. The van der Waals surface area contributed by atoms with Crippen molar-refractivity contribution in [3.05, 3.63) is 250 Å². The minimum atomic E-state index is 0.00284. The zero-order valence-electron chi connectivity index (χ0n) is 56.6. The molecule has 0 aliphatic heterocycles. The first-order chi connectivity index (χ1) is 45.0. The van der Waals surface area contributed by atoms with Crippen LogP contribution < -0.4 is 16.4 Å². The Hall–Kier alpha value is -10.5. The van der Waals surface area contributed by atoms with E-state index >= 15 is 0 Å². The van der Waals surface area contributed by atoms with E-state index < -0.39 is 0 Å². The average molecular weight is 1240 g/mol. The normalized spacial score (nSPS) is 11.6. The molecule has 0 spiro atoms. The Morgan fingerprint density at radius 2 is 0.553 bits per heavy atom. The van der Waals surface area contributed by atoms with Crippen LogP contribution in [-0.2, 0) is 10.8 Å². The molecule has 0 aliphatic carbocycles. The molecule has 0 atom stereocenters. The van der Waals surface area contributed by atoms with Crippen LogP contribution in [0.15, 0.2) is 196 Å². The summed E-state index contributed by atoms with van der Waals surface area (Å²) in [5, 5.41) is 26.2. The lowest BCUT2D eigenvalue weighted by Crippen LogP contribution is -2.58. The molecule has 0 N–H and O–H groups in total. The van der Waals surface area contributed by atoms with E-state index in [1.807, 2.05) is 129 Å². The highest BCUT2D eigenvalue weighted by atomic mass is 16.4. The van der Waals surface area contributed by atoms with Gasteiger partial charge in [0.2, 0.25) is 42.1 Å². The third-order valence-electron chi connectivity index (χ3n) is 18.1. The summed E-state index contributed by atoms with van der Waals surface area (Å²) in [6.45, 7) is 35.6. The number of nitrogens with zero attached hydrogens (tertiary/aromatic N) is 9. The smallest absolute Gasteiger partial charge is 0.248 e. The molecular formula is C81H78BN9O3. The van der Waals surface area contributed by atoms with Crippen LogP contribution in [0.3, 0.4) is 0 Å². The van der Waals surface area contributed by atoms with Crippen molar-refractivity contribution < 1.29 is 13.3 Å². The summed E-state index contributed by atoms with van der Waals surface area (Å²) in [4.78, 5) is 13.5. The molecule has 0 saturated heterocycles. The fraction of sp³-hybridized carbons (Fsp3) is 0.222. The molecule has 13 aromatic rings. The Labute approximate surface area is 552 Å². The molecule has 13 rings (SSSR count). The molecular weight excluding hydrogens is 1160 g/mol. The van der Waals surface area contributed by atoms with Gasteiger partial charge in [-0.2, -0.15) is 0 Å². The molecule has 12 nitrogen and oxygen atoms in total. The molecule has 6 heterocycles. The number of aryl methyl sites for hydroxylation is 7. The summed E-state index contributed by atoms with van der Waals surface area (Å²) < 4.78 is 18.6. The van der Waals surface area contributed by atoms with Crippen LogP contribution in [0.1, 0.15) is 108 Å². The summed E-state index contributed by atoms with van der Waals surface area (Å²) in [5.74, 6) is 2.21. The average Bonchev–Trinajstić information content (AvgIpc) is 0.930. The molecule has 7 aromatic carbocycles. The molecule has 0 bridgehead atoms. The van der Waals surface area contributed by atoms with Gasteiger partial charge < -0.3 is 13.3 Å². The summed E-state index contributed by atoms with van der Waals surface area (Å²) in [6.07, 6.45) is 11.5. The maximum atomic E-state index is 6.21. The van der Waals surface area contributed by atoms with Crippen LogP contribution in [0.5, 0.6) is 0 Å². The van der Waals surface area contributed by atoms with Gasteiger partial charge in [-0.05, 0) is 214 Å². The van der Waals surface area contributed by atoms with Crippen LogP contribution in [0.4, 0.5) is 0 Å². The molecule has 6 aromatic heterocycles. The third kappa shape index (κ3) is 12.9. The van der Waals surface area contributed by atoms with Gasteiger partial charge in [-0.3, -0.25) is 15.0 Å². The van der Waals surface area contributed by atoms with Crippen molar-refractivity contribution >= 4 is 23.1 Å². The lowest BCUT2D eigenvalue weighted by atomic mass is 9.32. The van der Waals surface area contributed by atoms with E-state index in [1.165, 1.54) is 94.3 Å². The Morgan fingerprint density at radius 1 is 0.287 bits per heavy atom. The second-order valence-electron chi connectivity index (χ2n) is 27.0. The molecule has 94 heavy (non-hydrogen) atoms. The monoisotopic (exact) mass is 1240 g/mol. The van der Waals surface area contributed by atoms with Gasteiger partial charge in [0.15, 0.2) is 0 Å². The zero-order valence-corrected chi connectivity index (χ0v) is 56.6. The largest absolute Gasteiger partial charge is 0.416 e. The van der Waals surface area contributed by atoms with Gasteiger partial charge >= 0.3 is 0 Å². The van der Waals surface area contributed by atoms with E-state index in [2.05, 4.69) is 210 Å². The van der Waals surface area contributed by atoms with Crippen molar-refractivity contribution in [2.45, 2.75) is 122 Å². The van der Waals surface area contributed by atoms with Crippen LogP contribution in [0, 0.1) is 69.2 Å². The Kier molecular flexibility index (Phi) is 17.5. The van der Waals surface area contributed by atoms with Gasteiger partial charge in [-0.25, -0.2) is 0 Å². The molecule has 0 saturated carbocycles. The molecule has 0 aliphatic rings. The maximum absolute atomic E-state index is 6.21. The van der Waals surface area contributed by atoms with Crippen molar-refractivity contribution in [1.29, 1.82) is 0 Å². The number of aromatic nitrogens is 9. The molecule has 0 amide bonds. The van der Waals surface area contributed by atoms with Gasteiger partial charge in [0.1, 0.15) is 0 Å². The standard InChI is InChI=1S/C42H42BN3.C39H36N6O3/c1-25-19-28(4)40(31(7)37(25)34-13-10-16-44-22-34)43(41-29(5)20-26(2)38(32(41)8)35-14-11-17-45-23-35)42-30(6)21-27(3)39(33(42)9)36-15-12-18-46-24-36;1-23-8-10-24(11-9-23)32-40-43-35(46-32)27-20-28(36-44-41-33(47-36)25-12-16-30(17-13-25)38(2,3)4)22-29(21-27)37-45-42-34(48-37)26-14-18-31(19-15-26)39(5,6)7/h10-24H,1-9H3;8-22H,1-7H3. The molecule has 13 heteroatoms. The fourth-order valence-corrected chi connectivity index (χ4v) is 13.5. The summed E-state index contributed by atoms with van der Waals surface area (Å²) in [7, 11) is 0. The molecule has 0 fully saturated rings. The lowest BCUT2D eigenvalue weighted by Gasteiger charge is -2.31. The van der Waals surface area contributed by atoms with Crippen LogP contribution >= 0.6 is 0 Å². The van der Waals surface area contributed by atoms with Crippen molar-refractivity contribution in [3.8, 4) is 102 Å². The van der Waals surface area contributed by atoms with Crippen LogP contribution in [-0.4, -0.2) is 52.3 Å². The minimum Gasteiger partial charge on any atom is -0.416 e. The predicted octanol–water partition coefficient (Wildman–Crippen LogP) is 17.9. The zero-order chi connectivity index (χ0) is 66.3. The van der Waals surface area contributed by atoms with Gasteiger partial charge in [0.25, 0.3) is 0 Å². The summed E-state index contributed by atoms with van der Waals surface area (Å²) in [6, 6.07) is 49.7. The Morgan fingerprint density at radius 3 is 0.809 bits per heavy atom. The SMILES string of the molecule is Cc1cc(C)c(-c2cccnc2)c(C)c1B(c1c(C)cc(C)c(-c2cccnc2)c1C)c1c(C)cc(C)c(-c2cccnc2)c1C.Cc1ccc(-c2nnc(-c3cc(-c4nnc(-c5ccc(C(C)(C)C)cc5)o4)cc(-c4nnc(-c5ccc(C(C)(C)C)cc5)o4)c3)o2)cc1. The van der Waals surface area contributed by atoms with Crippen LogP contribution in [0.2, 0.25) is 0 Å². The maximum Gasteiger partial charge on any atom is 0.248 e. The highest BCUT2D eigenvalue weighted by Crippen LogP contribution is 2.38. The van der Waals surface area contributed by atoms with Crippen molar-refractivity contribution in [3.63, 3.8) is 0 Å². The van der Waals surface area contributed by atoms with E-state index in [0.717, 1.165) is 38.9 Å².